The molecule has 29 heavy (non-hydrogen) atoms. The predicted octanol–water partition coefficient (Wildman–Crippen LogP) is 4.51. The van der Waals surface area contributed by atoms with Gasteiger partial charge in [0.15, 0.2) is 5.17 Å². The molecule has 0 unspecified atom stereocenters. The summed E-state index contributed by atoms with van der Waals surface area (Å²) in [6.45, 7) is 2.56. The molecule has 0 aliphatic carbocycles. The van der Waals surface area contributed by atoms with Gasteiger partial charge in [-0.05, 0) is 48.1 Å². The lowest BCUT2D eigenvalue weighted by molar-refractivity contribution is -0.114. The molecule has 0 saturated heterocycles. The quantitative estimate of drug-likeness (QED) is 0.579. The van der Waals surface area contributed by atoms with Gasteiger partial charge in [0.1, 0.15) is 18.2 Å². The Kier molecular flexibility index (Phi) is 5.55. The summed E-state index contributed by atoms with van der Waals surface area (Å²) >= 11 is 2.54. The Morgan fingerprint density at radius 3 is 2.69 bits per heavy atom. The Bertz CT molecular complexity index is 1070. The first kappa shape index (κ1) is 19.5. The van der Waals surface area contributed by atoms with Crippen LogP contribution >= 0.6 is 23.7 Å². The summed E-state index contributed by atoms with van der Waals surface area (Å²) in [5.74, 6) is 0.415. The number of carbonyl (C=O) groups excluding carboxylic acids is 1. The van der Waals surface area contributed by atoms with Gasteiger partial charge in [0, 0.05) is 0 Å². The standard InChI is InChI=1S/C21H18N4O2S2/c1-13-5-3-4-6-15(13)12-27-16-9-7-14(8-10-16)11-17-18(22)25-20(23-19(17)26)29-24-21(25)28-2/h3-11,22H,12H2,1-2H3/b17-11-,22-18?. The predicted molar refractivity (Wildman–Crippen MR) is 120 cm³/mol. The number of carbonyl (C=O) groups is 1. The third-order valence-corrected chi connectivity index (χ3v) is 5.98. The van der Waals surface area contributed by atoms with E-state index >= 15 is 0 Å². The van der Waals surface area contributed by atoms with Gasteiger partial charge in [-0.2, -0.15) is 9.39 Å². The molecule has 1 N–H and O–H groups in total. The van der Waals surface area contributed by atoms with E-state index in [4.69, 9.17) is 10.1 Å². The number of benzene rings is 2. The van der Waals surface area contributed by atoms with E-state index in [0.717, 1.165) is 28.8 Å². The monoisotopic (exact) mass is 422 g/mol. The average Bonchev–Trinajstić information content (AvgIpc) is 3.14. The Labute approximate surface area is 177 Å². The Morgan fingerprint density at radius 1 is 1.21 bits per heavy atom. The second-order valence-electron chi connectivity index (χ2n) is 6.40. The van der Waals surface area contributed by atoms with Crippen molar-refractivity contribution in [1.29, 1.82) is 5.41 Å². The van der Waals surface area contributed by atoms with Crippen LogP contribution in [0.15, 0.2) is 63.5 Å². The fourth-order valence-corrected chi connectivity index (χ4v) is 4.35. The molecular weight excluding hydrogens is 404 g/mol. The van der Waals surface area contributed by atoms with Crippen molar-refractivity contribution in [3.05, 3.63) is 70.8 Å². The number of hydrogen-bond acceptors (Lipinski definition) is 6. The first-order valence-electron chi connectivity index (χ1n) is 8.87. The molecule has 2 aromatic rings. The van der Waals surface area contributed by atoms with Crippen LogP contribution in [0.2, 0.25) is 0 Å². The van der Waals surface area contributed by atoms with E-state index < -0.39 is 5.91 Å². The molecule has 0 saturated carbocycles. The van der Waals surface area contributed by atoms with Crippen LogP contribution in [0.1, 0.15) is 16.7 Å². The van der Waals surface area contributed by atoms with Crippen molar-refractivity contribution in [2.45, 2.75) is 13.5 Å². The van der Waals surface area contributed by atoms with Crippen molar-refractivity contribution >= 4 is 51.9 Å². The summed E-state index contributed by atoms with van der Waals surface area (Å²) in [7, 11) is 0. The average molecular weight is 423 g/mol. The smallest absolute Gasteiger partial charge is 0.283 e. The lowest BCUT2D eigenvalue weighted by atomic mass is 10.1. The molecule has 2 aliphatic heterocycles. The zero-order valence-corrected chi connectivity index (χ0v) is 17.5. The van der Waals surface area contributed by atoms with Gasteiger partial charge < -0.3 is 4.74 Å². The lowest BCUT2D eigenvalue weighted by Crippen LogP contribution is -2.41. The summed E-state index contributed by atoms with van der Waals surface area (Å²) in [6, 6.07) is 15.6. The molecule has 0 spiro atoms. The highest BCUT2D eigenvalue weighted by atomic mass is 32.2. The number of fused-ring (bicyclic) bond motifs is 1. The molecule has 6 nitrogen and oxygen atoms in total. The highest BCUT2D eigenvalue weighted by Crippen LogP contribution is 2.31. The zero-order valence-electron chi connectivity index (χ0n) is 15.9. The number of aryl methyl sites for hydroxylation is 1. The summed E-state index contributed by atoms with van der Waals surface area (Å²) in [4.78, 5) is 18.0. The first-order valence-corrected chi connectivity index (χ1v) is 10.9. The van der Waals surface area contributed by atoms with Crippen LogP contribution in [0.25, 0.3) is 6.08 Å². The number of rotatable bonds is 4. The molecule has 1 amide bonds. The summed E-state index contributed by atoms with van der Waals surface area (Å²) in [5, 5.41) is 9.52. The second-order valence-corrected chi connectivity index (χ2v) is 7.90. The van der Waals surface area contributed by atoms with E-state index in [-0.39, 0.29) is 11.4 Å². The van der Waals surface area contributed by atoms with Crippen molar-refractivity contribution in [1.82, 2.24) is 4.90 Å². The lowest BCUT2D eigenvalue weighted by Gasteiger charge is -2.23. The van der Waals surface area contributed by atoms with Crippen molar-refractivity contribution in [3.63, 3.8) is 0 Å². The van der Waals surface area contributed by atoms with E-state index in [1.807, 2.05) is 48.7 Å². The number of nitrogens with zero attached hydrogens (tertiary/aromatic N) is 3. The van der Waals surface area contributed by atoms with Crippen molar-refractivity contribution < 1.29 is 9.53 Å². The number of amidine groups is 3. The third-order valence-electron chi connectivity index (χ3n) is 4.52. The van der Waals surface area contributed by atoms with Crippen LogP contribution in [0, 0.1) is 12.3 Å². The topological polar surface area (TPSA) is 78.1 Å². The van der Waals surface area contributed by atoms with Crippen molar-refractivity contribution in [3.8, 4) is 5.75 Å². The third kappa shape index (κ3) is 3.99. The van der Waals surface area contributed by atoms with Gasteiger partial charge in [0.2, 0.25) is 5.17 Å². The van der Waals surface area contributed by atoms with Crippen LogP contribution in [-0.2, 0) is 11.4 Å². The number of aliphatic imine (C=N–C) groups is 1. The van der Waals surface area contributed by atoms with E-state index in [1.54, 1.807) is 11.0 Å². The van der Waals surface area contributed by atoms with Crippen LogP contribution in [0.4, 0.5) is 0 Å². The maximum atomic E-state index is 12.4. The fourth-order valence-electron chi connectivity index (χ4n) is 2.89. The minimum Gasteiger partial charge on any atom is -0.489 e. The molecule has 2 aromatic carbocycles. The van der Waals surface area contributed by atoms with E-state index in [1.165, 1.54) is 17.3 Å². The minimum atomic E-state index is -0.425. The molecule has 146 valence electrons. The molecule has 0 bridgehead atoms. The molecule has 4 rings (SSSR count). The van der Waals surface area contributed by atoms with Gasteiger partial charge in [-0.15, -0.1) is 0 Å². The molecule has 0 atom stereocenters. The maximum absolute atomic E-state index is 12.4. The van der Waals surface area contributed by atoms with Gasteiger partial charge in [-0.1, -0.05) is 48.2 Å². The van der Waals surface area contributed by atoms with Crippen molar-refractivity contribution in [2.75, 3.05) is 6.26 Å². The molecule has 0 radical (unpaired) electrons. The highest BCUT2D eigenvalue weighted by Gasteiger charge is 2.36. The van der Waals surface area contributed by atoms with E-state index in [2.05, 4.69) is 22.4 Å². The second kappa shape index (κ2) is 8.26. The Morgan fingerprint density at radius 2 is 1.97 bits per heavy atom. The van der Waals surface area contributed by atoms with Crippen LogP contribution in [0.5, 0.6) is 5.75 Å². The number of amides is 1. The van der Waals surface area contributed by atoms with Crippen LogP contribution < -0.4 is 4.74 Å². The maximum Gasteiger partial charge on any atom is 0.283 e. The Hall–Kier alpha value is -2.84. The largest absolute Gasteiger partial charge is 0.489 e. The summed E-state index contributed by atoms with van der Waals surface area (Å²) < 4.78 is 10.1. The van der Waals surface area contributed by atoms with E-state index in [9.17, 15) is 4.79 Å². The number of ether oxygens (including phenoxy) is 1. The fraction of sp³-hybridized carbons (Fsp3) is 0.143. The van der Waals surface area contributed by atoms with Gasteiger partial charge in [-0.3, -0.25) is 10.2 Å². The molecule has 2 heterocycles. The number of nitrogens with one attached hydrogen (secondary N) is 1. The number of hydrogen-bond donors (Lipinski definition) is 1. The number of thioether (sulfide) groups is 1. The SMILES string of the molecule is CSC1=NSC2=NC(=O)/C(=C\c3ccc(OCc4ccccc4C)cc3)C(=N)N12. The molecular formula is C21H18N4O2S2. The van der Waals surface area contributed by atoms with Crippen LogP contribution in [0.3, 0.4) is 0 Å². The van der Waals surface area contributed by atoms with E-state index in [0.29, 0.717) is 16.9 Å². The minimum absolute atomic E-state index is 0.0954. The van der Waals surface area contributed by atoms with Gasteiger partial charge in [0.25, 0.3) is 5.91 Å². The molecule has 2 aliphatic rings. The summed E-state index contributed by atoms with van der Waals surface area (Å²) in [6.07, 6.45) is 3.56. The van der Waals surface area contributed by atoms with Crippen LogP contribution in [-0.4, -0.2) is 33.2 Å². The van der Waals surface area contributed by atoms with Gasteiger partial charge in [0.05, 0.1) is 17.5 Å². The summed E-state index contributed by atoms with van der Waals surface area (Å²) in [5.41, 5.74) is 3.38. The highest BCUT2D eigenvalue weighted by molar-refractivity contribution is 8.18. The molecule has 0 fully saturated rings. The van der Waals surface area contributed by atoms with Gasteiger partial charge >= 0.3 is 0 Å². The molecule has 8 heteroatoms. The van der Waals surface area contributed by atoms with Crippen molar-refractivity contribution in [2.24, 2.45) is 9.39 Å². The molecule has 0 aromatic heterocycles. The van der Waals surface area contributed by atoms with Gasteiger partial charge in [-0.25, -0.2) is 4.90 Å². The normalized spacial score (nSPS) is 17.3. The Balaban J connectivity index is 1.50. The zero-order chi connectivity index (χ0) is 20.4. The first-order chi connectivity index (χ1) is 14.1.